The molecule has 0 fully saturated rings. The van der Waals surface area contributed by atoms with Crippen LogP contribution in [0.5, 0.6) is 5.75 Å². The molecule has 0 atom stereocenters. The molecule has 0 radical (unpaired) electrons. The van der Waals surface area contributed by atoms with E-state index in [-0.39, 0.29) is 23.3 Å². The summed E-state index contributed by atoms with van der Waals surface area (Å²) in [7, 11) is 1.62. The van der Waals surface area contributed by atoms with Crippen LogP contribution in [0.4, 0.5) is 5.95 Å². The lowest BCUT2D eigenvalue weighted by atomic mass is 10.1. The molecule has 0 amide bonds. The molecule has 160 valence electrons. The van der Waals surface area contributed by atoms with E-state index in [4.69, 9.17) is 22.1 Å². The average molecular weight is 439 g/mol. The summed E-state index contributed by atoms with van der Waals surface area (Å²) >= 11 is 6.41. The van der Waals surface area contributed by atoms with Gasteiger partial charge in [0.25, 0.3) is 0 Å². The number of halogens is 1. The summed E-state index contributed by atoms with van der Waals surface area (Å²) < 4.78 is 8.60. The van der Waals surface area contributed by atoms with Gasteiger partial charge < -0.3 is 10.5 Å². The van der Waals surface area contributed by atoms with Crippen molar-refractivity contribution in [3.63, 3.8) is 0 Å². The largest absolute Gasteiger partial charge is 0.496 e. The van der Waals surface area contributed by atoms with E-state index in [1.807, 2.05) is 45.0 Å². The number of benzene rings is 1. The second kappa shape index (κ2) is 8.03. The lowest BCUT2D eigenvalue weighted by Gasteiger charge is -2.12. The lowest BCUT2D eigenvalue weighted by molar-refractivity contribution is 0.406. The number of pyridine rings is 1. The van der Waals surface area contributed by atoms with Crippen molar-refractivity contribution in [1.29, 1.82) is 0 Å². The van der Waals surface area contributed by atoms with E-state index >= 15 is 0 Å². The number of aromatic nitrogens is 5. The first-order valence-corrected chi connectivity index (χ1v) is 10.1. The number of nitrogens with zero attached hydrogens (tertiary/aromatic N) is 5. The Hall–Kier alpha value is -3.39. The van der Waals surface area contributed by atoms with Gasteiger partial charge in [0.1, 0.15) is 11.3 Å². The van der Waals surface area contributed by atoms with Gasteiger partial charge in [-0.25, -0.2) is 4.79 Å². The topological polar surface area (TPSA) is 101 Å². The molecule has 0 aliphatic heterocycles. The van der Waals surface area contributed by atoms with Crippen LogP contribution in [0.2, 0.25) is 5.15 Å². The van der Waals surface area contributed by atoms with Gasteiger partial charge in [-0.15, -0.1) is 0 Å². The Kier molecular flexibility index (Phi) is 5.41. The molecule has 4 aromatic rings. The maximum atomic E-state index is 13.5. The molecule has 31 heavy (non-hydrogen) atoms. The zero-order valence-electron chi connectivity index (χ0n) is 17.8. The van der Waals surface area contributed by atoms with Crippen LogP contribution in [-0.4, -0.2) is 31.2 Å². The highest BCUT2D eigenvalue weighted by Gasteiger charge is 2.21. The quantitative estimate of drug-likeness (QED) is 0.480. The van der Waals surface area contributed by atoms with E-state index in [9.17, 15) is 4.79 Å². The first-order chi connectivity index (χ1) is 14.8. The van der Waals surface area contributed by atoms with Crippen LogP contribution in [-0.2, 0) is 13.1 Å². The number of nitrogens with two attached hydrogens (primary N) is 1. The minimum atomic E-state index is -0.266. The van der Waals surface area contributed by atoms with Gasteiger partial charge in [-0.05, 0) is 26.3 Å². The predicted octanol–water partition coefficient (Wildman–Crippen LogP) is 3.25. The molecule has 4 rings (SSSR count). The third-order valence-electron chi connectivity index (χ3n) is 5.35. The average Bonchev–Trinajstić information content (AvgIpc) is 2.97. The Morgan fingerprint density at radius 1 is 1.06 bits per heavy atom. The fraction of sp³-hybridized carbons (Fsp3) is 0.273. The minimum Gasteiger partial charge on any atom is -0.496 e. The number of ether oxygens (including phenoxy) is 1. The van der Waals surface area contributed by atoms with E-state index in [1.165, 1.54) is 4.57 Å². The lowest BCUT2D eigenvalue weighted by Crippen LogP contribution is -2.26. The summed E-state index contributed by atoms with van der Waals surface area (Å²) in [6.45, 7) is 6.39. The van der Waals surface area contributed by atoms with Crippen molar-refractivity contribution < 1.29 is 4.74 Å². The predicted molar refractivity (Wildman–Crippen MR) is 121 cm³/mol. The van der Waals surface area contributed by atoms with Gasteiger partial charge in [0.05, 0.1) is 25.9 Å². The van der Waals surface area contributed by atoms with E-state index in [2.05, 4.69) is 15.0 Å². The molecule has 0 saturated heterocycles. The Morgan fingerprint density at radius 2 is 1.77 bits per heavy atom. The zero-order valence-corrected chi connectivity index (χ0v) is 18.6. The molecule has 0 bridgehead atoms. The number of fused-ring (bicyclic) bond motifs is 1. The number of aryl methyl sites for hydroxylation is 2. The molecule has 0 saturated carbocycles. The van der Waals surface area contributed by atoms with Crippen LogP contribution in [0, 0.1) is 20.8 Å². The zero-order chi connectivity index (χ0) is 22.3. The summed E-state index contributed by atoms with van der Waals surface area (Å²) in [5.74, 6) is 0.749. The van der Waals surface area contributed by atoms with Gasteiger partial charge in [-0.3, -0.25) is 14.1 Å². The van der Waals surface area contributed by atoms with Crippen LogP contribution in [0.15, 0.2) is 35.3 Å². The maximum absolute atomic E-state index is 13.5. The van der Waals surface area contributed by atoms with Crippen LogP contribution in [0.1, 0.15) is 27.9 Å². The molecule has 8 nitrogen and oxygen atoms in total. The number of methoxy groups -OCH3 is 1. The summed E-state index contributed by atoms with van der Waals surface area (Å²) in [4.78, 5) is 26.4. The Labute approximate surface area is 184 Å². The van der Waals surface area contributed by atoms with Crippen molar-refractivity contribution in [1.82, 2.24) is 24.1 Å². The van der Waals surface area contributed by atoms with Crippen LogP contribution in [0.25, 0.3) is 11.2 Å². The molecular weight excluding hydrogens is 416 g/mol. The van der Waals surface area contributed by atoms with Crippen molar-refractivity contribution in [2.45, 2.75) is 33.9 Å². The fourth-order valence-electron chi connectivity index (χ4n) is 3.73. The third-order valence-corrected chi connectivity index (χ3v) is 5.61. The molecule has 9 heteroatoms. The van der Waals surface area contributed by atoms with Crippen molar-refractivity contribution >= 4 is 28.7 Å². The smallest absolute Gasteiger partial charge is 0.331 e. The van der Waals surface area contributed by atoms with Gasteiger partial charge in [-0.2, -0.15) is 9.97 Å². The van der Waals surface area contributed by atoms with Gasteiger partial charge in [0.2, 0.25) is 5.95 Å². The second-order valence-electron chi connectivity index (χ2n) is 7.53. The first kappa shape index (κ1) is 20.9. The van der Waals surface area contributed by atoms with E-state index < -0.39 is 0 Å². The van der Waals surface area contributed by atoms with E-state index in [0.29, 0.717) is 23.4 Å². The Bertz CT molecular complexity index is 1340. The summed E-state index contributed by atoms with van der Waals surface area (Å²) in [6, 6.07) is 7.96. The number of anilines is 1. The van der Waals surface area contributed by atoms with Crippen molar-refractivity contribution in [2.75, 3.05) is 12.8 Å². The van der Waals surface area contributed by atoms with Crippen molar-refractivity contribution in [3.05, 3.63) is 74.0 Å². The number of rotatable bonds is 5. The fourth-order valence-corrected chi connectivity index (χ4v) is 4.00. The molecule has 0 aliphatic carbocycles. The molecule has 3 heterocycles. The number of hydrogen-bond donors (Lipinski definition) is 1. The highest BCUT2D eigenvalue weighted by molar-refractivity contribution is 6.33. The molecule has 2 N–H and O–H groups in total. The first-order valence-electron chi connectivity index (χ1n) is 9.76. The molecular formula is C22H23ClN6O2. The molecule has 0 unspecified atom stereocenters. The second-order valence-corrected chi connectivity index (χ2v) is 7.89. The normalized spacial score (nSPS) is 11.3. The standard InChI is InChI=1S/C22H23ClN6O2/c1-12-5-7-15(8-6-12)10-28-17-19(23)26-21(24)27-20(17)29(22(28)30)11-16-14(3)18(31-4)13(2)9-25-16/h5-9H,10-11H2,1-4H3,(H2,24,26,27). The molecule has 3 aromatic heterocycles. The van der Waals surface area contributed by atoms with Crippen molar-refractivity contribution in [2.24, 2.45) is 0 Å². The van der Waals surface area contributed by atoms with Gasteiger partial charge >= 0.3 is 5.69 Å². The van der Waals surface area contributed by atoms with Crippen molar-refractivity contribution in [3.8, 4) is 5.75 Å². The molecule has 1 aromatic carbocycles. The number of imidazole rings is 1. The highest BCUT2D eigenvalue weighted by atomic mass is 35.5. The van der Waals surface area contributed by atoms with Crippen LogP contribution in [0.3, 0.4) is 0 Å². The summed E-state index contributed by atoms with van der Waals surface area (Å²) in [6.07, 6.45) is 1.73. The molecule has 0 aliphatic rings. The Balaban J connectivity index is 1.89. The SMILES string of the molecule is COc1c(C)cnc(Cn2c(=O)n(Cc3ccc(C)cc3)c3c(Cl)nc(N)nc32)c1C. The van der Waals surface area contributed by atoms with Crippen LogP contribution >= 0.6 is 11.6 Å². The van der Waals surface area contributed by atoms with Crippen LogP contribution < -0.4 is 16.2 Å². The number of nitrogen functional groups attached to an aromatic ring is 1. The van der Waals surface area contributed by atoms with Gasteiger partial charge in [0, 0.05) is 17.3 Å². The monoisotopic (exact) mass is 438 g/mol. The summed E-state index contributed by atoms with van der Waals surface area (Å²) in [5.41, 5.74) is 11.0. The Morgan fingerprint density at radius 3 is 2.45 bits per heavy atom. The number of hydrogen-bond acceptors (Lipinski definition) is 6. The minimum absolute atomic E-state index is 0.00454. The summed E-state index contributed by atoms with van der Waals surface area (Å²) in [5, 5.41) is 0.136. The third kappa shape index (κ3) is 3.74. The highest BCUT2D eigenvalue weighted by Crippen LogP contribution is 2.26. The van der Waals surface area contributed by atoms with Gasteiger partial charge in [0.15, 0.2) is 10.8 Å². The van der Waals surface area contributed by atoms with Gasteiger partial charge in [-0.1, -0.05) is 41.4 Å². The molecule has 0 spiro atoms. The maximum Gasteiger partial charge on any atom is 0.331 e. The van der Waals surface area contributed by atoms with E-state index in [0.717, 1.165) is 28.0 Å². The van der Waals surface area contributed by atoms with E-state index in [1.54, 1.807) is 17.9 Å².